The van der Waals surface area contributed by atoms with E-state index in [0.29, 0.717) is 5.56 Å². The fraction of sp³-hybridized carbons (Fsp3) is 0.529. The zero-order valence-corrected chi connectivity index (χ0v) is 14.7. The van der Waals surface area contributed by atoms with Crippen molar-refractivity contribution in [2.45, 2.75) is 39.2 Å². The van der Waals surface area contributed by atoms with Gasteiger partial charge in [-0.2, -0.15) is 0 Å². The minimum absolute atomic E-state index is 0.0418. The average Bonchev–Trinajstić information content (AvgIpc) is 2.53. The molecule has 1 atom stereocenters. The molecule has 0 unspecified atom stereocenters. The predicted molar refractivity (Wildman–Crippen MR) is 90.7 cm³/mol. The highest BCUT2D eigenvalue weighted by Gasteiger charge is 2.29. The van der Waals surface area contributed by atoms with Crippen LogP contribution in [-0.4, -0.2) is 35.8 Å². The summed E-state index contributed by atoms with van der Waals surface area (Å²) in [5.41, 5.74) is 0.570. The molecule has 22 heavy (non-hydrogen) atoms. The SMILES string of the molecule is CC(C)[C@H](NC(=O)c1ccc(Br)cc1)C(=O)N1CCCCC1. The smallest absolute Gasteiger partial charge is 0.251 e. The van der Waals surface area contributed by atoms with Crippen LogP contribution in [-0.2, 0) is 4.79 Å². The molecule has 1 heterocycles. The van der Waals surface area contributed by atoms with E-state index in [0.717, 1.165) is 30.4 Å². The van der Waals surface area contributed by atoms with Crippen molar-refractivity contribution in [3.05, 3.63) is 34.3 Å². The van der Waals surface area contributed by atoms with E-state index in [2.05, 4.69) is 21.2 Å². The lowest BCUT2D eigenvalue weighted by molar-refractivity contribution is -0.135. The summed E-state index contributed by atoms with van der Waals surface area (Å²) < 4.78 is 0.925. The molecule has 0 radical (unpaired) electrons. The van der Waals surface area contributed by atoms with Crippen LogP contribution in [0.5, 0.6) is 0 Å². The van der Waals surface area contributed by atoms with Crippen molar-refractivity contribution in [2.75, 3.05) is 13.1 Å². The summed E-state index contributed by atoms with van der Waals surface area (Å²) in [5, 5.41) is 2.90. The van der Waals surface area contributed by atoms with Crippen LogP contribution < -0.4 is 5.32 Å². The summed E-state index contributed by atoms with van der Waals surface area (Å²) in [6.07, 6.45) is 3.29. The zero-order valence-electron chi connectivity index (χ0n) is 13.1. The molecule has 120 valence electrons. The third-order valence-electron chi connectivity index (χ3n) is 3.99. The van der Waals surface area contributed by atoms with E-state index in [1.807, 2.05) is 30.9 Å². The number of piperidine rings is 1. The summed E-state index contributed by atoms with van der Waals surface area (Å²) in [6, 6.07) is 6.69. The quantitative estimate of drug-likeness (QED) is 0.889. The fourth-order valence-electron chi connectivity index (χ4n) is 2.65. The Bertz CT molecular complexity index is 522. The molecule has 2 amide bonds. The van der Waals surface area contributed by atoms with Crippen molar-refractivity contribution >= 4 is 27.7 Å². The van der Waals surface area contributed by atoms with Gasteiger partial charge in [-0.15, -0.1) is 0 Å². The number of rotatable bonds is 4. The van der Waals surface area contributed by atoms with Gasteiger partial charge in [-0.1, -0.05) is 29.8 Å². The molecule has 1 saturated heterocycles. The summed E-state index contributed by atoms with van der Waals surface area (Å²) in [7, 11) is 0. The van der Waals surface area contributed by atoms with Gasteiger partial charge >= 0.3 is 0 Å². The average molecular weight is 367 g/mol. The highest BCUT2D eigenvalue weighted by molar-refractivity contribution is 9.10. The predicted octanol–water partition coefficient (Wildman–Crippen LogP) is 3.22. The lowest BCUT2D eigenvalue weighted by Crippen LogP contribution is -2.52. The van der Waals surface area contributed by atoms with Crippen molar-refractivity contribution in [3.63, 3.8) is 0 Å². The molecule has 1 N–H and O–H groups in total. The van der Waals surface area contributed by atoms with Crippen molar-refractivity contribution in [1.82, 2.24) is 10.2 Å². The van der Waals surface area contributed by atoms with Gasteiger partial charge < -0.3 is 10.2 Å². The van der Waals surface area contributed by atoms with Gasteiger partial charge in [0.05, 0.1) is 0 Å². The van der Waals surface area contributed by atoms with Crippen molar-refractivity contribution in [2.24, 2.45) is 5.92 Å². The molecule has 1 aromatic rings. The maximum atomic E-state index is 12.7. The first-order chi connectivity index (χ1) is 10.5. The Morgan fingerprint density at radius 3 is 2.23 bits per heavy atom. The standard InChI is InChI=1S/C17H23BrN2O2/c1-12(2)15(17(22)20-10-4-3-5-11-20)19-16(21)13-6-8-14(18)9-7-13/h6-9,12,15H,3-5,10-11H2,1-2H3,(H,19,21)/t15-/m0/s1. The first-order valence-electron chi connectivity index (χ1n) is 7.84. The van der Waals surface area contributed by atoms with E-state index in [1.165, 1.54) is 6.42 Å². The van der Waals surface area contributed by atoms with Crippen molar-refractivity contribution in [1.29, 1.82) is 0 Å². The maximum Gasteiger partial charge on any atom is 0.251 e. The molecule has 5 heteroatoms. The van der Waals surface area contributed by atoms with Crippen LogP contribution in [0.25, 0.3) is 0 Å². The van der Waals surface area contributed by atoms with Crippen molar-refractivity contribution < 1.29 is 9.59 Å². The van der Waals surface area contributed by atoms with Gasteiger partial charge in [0, 0.05) is 23.1 Å². The van der Waals surface area contributed by atoms with E-state index in [4.69, 9.17) is 0 Å². The van der Waals surface area contributed by atoms with Gasteiger partial charge in [0.1, 0.15) is 6.04 Å². The molecule has 4 nitrogen and oxygen atoms in total. The molecular weight excluding hydrogens is 344 g/mol. The Balaban J connectivity index is 2.06. The zero-order chi connectivity index (χ0) is 16.1. The number of nitrogens with zero attached hydrogens (tertiary/aromatic N) is 1. The number of benzene rings is 1. The molecule has 1 aliphatic rings. The van der Waals surface area contributed by atoms with Crippen LogP contribution >= 0.6 is 15.9 Å². The Morgan fingerprint density at radius 1 is 1.09 bits per heavy atom. The third-order valence-corrected chi connectivity index (χ3v) is 4.52. The highest BCUT2D eigenvalue weighted by Crippen LogP contribution is 2.15. The third kappa shape index (κ3) is 4.32. The number of hydrogen-bond acceptors (Lipinski definition) is 2. The molecule has 0 aromatic heterocycles. The molecule has 0 bridgehead atoms. The normalized spacial score (nSPS) is 16.5. The van der Waals surface area contributed by atoms with E-state index in [-0.39, 0.29) is 17.7 Å². The van der Waals surface area contributed by atoms with Crippen LogP contribution in [0, 0.1) is 5.92 Å². The Morgan fingerprint density at radius 2 is 1.68 bits per heavy atom. The second-order valence-electron chi connectivity index (χ2n) is 6.09. The monoisotopic (exact) mass is 366 g/mol. The summed E-state index contributed by atoms with van der Waals surface area (Å²) in [5.74, 6) is -0.0921. The first-order valence-corrected chi connectivity index (χ1v) is 8.63. The summed E-state index contributed by atoms with van der Waals surface area (Å²) in [4.78, 5) is 26.9. The Hall–Kier alpha value is -1.36. The van der Waals surface area contributed by atoms with Crippen LogP contribution in [0.3, 0.4) is 0 Å². The maximum absolute atomic E-state index is 12.7. The number of halogens is 1. The van der Waals surface area contributed by atoms with Gasteiger partial charge in [-0.3, -0.25) is 9.59 Å². The largest absolute Gasteiger partial charge is 0.341 e. The van der Waals surface area contributed by atoms with Crippen LogP contribution in [0.1, 0.15) is 43.5 Å². The Kier molecular flexibility index (Phi) is 6.00. The van der Waals surface area contributed by atoms with Gasteiger partial charge in [-0.05, 0) is 49.4 Å². The second-order valence-corrected chi connectivity index (χ2v) is 7.00. The van der Waals surface area contributed by atoms with Crippen LogP contribution in [0.15, 0.2) is 28.7 Å². The lowest BCUT2D eigenvalue weighted by atomic mass is 10.0. The molecule has 1 aromatic carbocycles. The molecule has 0 aliphatic carbocycles. The van der Waals surface area contributed by atoms with Gasteiger partial charge in [0.25, 0.3) is 5.91 Å². The molecule has 0 spiro atoms. The number of amides is 2. The molecule has 0 saturated carbocycles. The van der Waals surface area contributed by atoms with E-state index in [1.54, 1.807) is 12.1 Å². The number of carbonyl (C=O) groups is 2. The number of likely N-dealkylation sites (tertiary alicyclic amines) is 1. The molecule has 2 rings (SSSR count). The highest BCUT2D eigenvalue weighted by atomic mass is 79.9. The van der Waals surface area contributed by atoms with E-state index >= 15 is 0 Å². The van der Waals surface area contributed by atoms with Crippen LogP contribution in [0.2, 0.25) is 0 Å². The fourth-order valence-corrected chi connectivity index (χ4v) is 2.91. The Labute approximate surface area is 140 Å². The summed E-state index contributed by atoms with van der Waals surface area (Å²) >= 11 is 3.35. The van der Waals surface area contributed by atoms with Gasteiger partial charge in [0.15, 0.2) is 0 Å². The van der Waals surface area contributed by atoms with E-state index < -0.39 is 6.04 Å². The van der Waals surface area contributed by atoms with Gasteiger partial charge in [-0.25, -0.2) is 0 Å². The van der Waals surface area contributed by atoms with Crippen LogP contribution in [0.4, 0.5) is 0 Å². The minimum Gasteiger partial charge on any atom is -0.341 e. The minimum atomic E-state index is -0.464. The van der Waals surface area contributed by atoms with E-state index in [9.17, 15) is 9.59 Å². The lowest BCUT2D eigenvalue weighted by Gasteiger charge is -2.32. The molecule has 1 aliphatic heterocycles. The number of nitrogens with one attached hydrogen (secondary N) is 1. The molecular formula is C17H23BrN2O2. The van der Waals surface area contributed by atoms with Crippen molar-refractivity contribution in [3.8, 4) is 0 Å². The summed E-state index contributed by atoms with van der Waals surface area (Å²) in [6.45, 7) is 5.54. The number of carbonyl (C=O) groups excluding carboxylic acids is 2. The first kappa shape index (κ1) is 17.0. The van der Waals surface area contributed by atoms with Gasteiger partial charge in [0.2, 0.25) is 5.91 Å². The molecule has 1 fully saturated rings. The number of hydrogen-bond donors (Lipinski definition) is 1. The second kappa shape index (κ2) is 7.77. The topological polar surface area (TPSA) is 49.4 Å².